The second-order valence-electron chi connectivity index (χ2n) is 16.7. The number of ether oxygens (including phenoxy) is 4. The molecule has 3 fully saturated rings. The first kappa shape index (κ1) is 38.9. The smallest absolute Gasteiger partial charge is 0.407 e. The maximum Gasteiger partial charge on any atom is 0.407 e. The molecular weight excluding hydrogens is 759 g/mol. The first-order chi connectivity index (χ1) is 28.5. The molecular formula is C45H50F2N6O6. The zero-order chi connectivity index (χ0) is 40.9. The summed E-state index contributed by atoms with van der Waals surface area (Å²) in [5, 5.41) is 4.96. The molecule has 14 heteroatoms. The summed E-state index contributed by atoms with van der Waals surface area (Å²) in [6.45, 7) is 7.90. The fourth-order valence-corrected chi connectivity index (χ4v) is 9.57. The SMILES string of the molecule is Cc1ccccc1C(=O)OC(C)Oc1cc2c3c(cccc3c1)CCCOC(=O)N[C@]1(C)CCCN(C1)c1nc(OC[C@@]34CCCN3C[C@H](F)C4)nc3c(F)c-2ncc13.[HH]. The molecule has 3 aromatic carbocycles. The maximum absolute atomic E-state index is 17.6. The molecule has 7 heterocycles. The third-order valence-corrected chi connectivity index (χ3v) is 12.3. The number of amides is 1. The average molecular weight is 809 g/mol. The minimum atomic E-state index is -0.990. The lowest BCUT2D eigenvalue weighted by molar-refractivity contribution is -0.0371. The number of carbonyl (C=O) groups is 2. The molecule has 0 saturated carbocycles. The van der Waals surface area contributed by atoms with Gasteiger partial charge in [0, 0.05) is 46.2 Å². The normalized spacial score (nSPS) is 23.8. The van der Waals surface area contributed by atoms with Crippen molar-refractivity contribution in [3.8, 4) is 23.0 Å². The molecule has 12 nitrogen and oxygen atoms in total. The topological polar surface area (TPSA) is 128 Å². The number of piperidine rings is 1. The van der Waals surface area contributed by atoms with E-state index in [0.29, 0.717) is 73.4 Å². The number of halogens is 2. The third-order valence-electron chi connectivity index (χ3n) is 12.3. The van der Waals surface area contributed by atoms with Crippen LogP contribution in [-0.2, 0) is 15.9 Å². The monoisotopic (exact) mass is 808 g/mol. The van der Waals surface area contributed by atoms with Crippen LogP contribution in [0.5, 0.6) is 11.8 Å². The number of benzene rings is 3. The van der Waals surface area contributed by atoms with E-state index in [1.807, 2.05) is 55.1 Å². The Labute approximate surface area is 342 Å². The number of hydrogen-bond donors (Lipinski definition) is 1. The van der Waals surface area contributed by atoms with Crippen LogP contribution < -0.4 is 19.7 Å². The van der Waals surface area contributed by atoms with E-state index in [1.54, 1.807) is 31.3 Å². The Morgan fingerprint density at radius 3 is 2.81 bits per heavy atom. The summed E-state index contributed by atoms with van der Waals surface area (Å²) in [6, 6.07) is 16.4. The first-order valence-corrected chi connectivity index (χ1v) is 20.5. The predicted molar refractivity (Wildman–Crippen MR) is 220 cm³/mol. The van der Waals surface area contributed by atoms with Gasteiger partial charge < -0.3 is 29.2 Å². The van der Waals surface area contributed by atoms with Gasteiger partial charge in [-0.05, 0) is 99.0 Å². The number of alkyl carbamates (subject to hydrolysis) is 1. The van der Waals surface area contributed by atoms with Crippen LogP contribution in [0, 0.1) is 12.7 Å². The molecule has 0 spiro atoms. The minimum absolute atomic E-state index is 0. The lowest BCUT2D eigenvalue weighted by atomic mass is 9.91. The van der Waals surface area contributed by atoms with Crippen molar-refractivity contribution in [1.29, 1.82) is 0 Å². The number of anilines is 1. The second kappa shape index (κ2) is 15.5. The second-order valence-corrected chi connectivity index (χ2v) is 16.7. The van der Waals surface area contributed by atoms with Crippen LogP contribution in [0.3, 0.4) is 0 Å². The Morgan fingerprint density at radius 2 is 1.95 bits per heavy atom. The number of carbonyl (C=O) groups excluding carboxylic acids is 2. The van der Waals surface area contributed by atoms with Crippen LogP contribution in [0.4, 0.5) is 19.4 Å². The molecule has 1 amide bonds. The largest absolute Gasteiger partial charge is 0.461 e. The van der Waals surface area contributed by atoms with Crippen LogP contribution in [0.1, 0.15) is 75.3 Å². The number of aromatic nitrogens is 3. The molecule has 4 atom stereocenters. The number of fused-ring (bicyclic) bond motifs is 7. The quantitative estimate of drug-likeness (QED) is 0.127. The molecule has 1 N–H and O–H groups in total. The van der Waals surface area contributed by atoms with Gasteiger partial charge in [0.15, 0.2) is 5.82 Å². The average Bonchev–Trinajstić information content (AvgIpc) is 3.73. The van der Waals surface area contributed by atoms with Crippen LogP contribution >= 0.6 is 0 Å². The van der Waals surface area contributed by atoms with E-state index >= 15 is 4.39 Å². The summed E-state index contributed by atoms with van der Waals surface area (Å²) in [4.78, 5) is 44.8. The Morgan fingerprint density at radius 1 is 1.10 bits per heavy atom. The van der Waals surface area contributed by atoms with Gasteiger partial charge in [-0.1, -0.05) is 36.4 Å². The van der Waals surface area contributed by atoms with Crippen LogP contribution in [0.25, 0.3) is 32.9 Å². The summed E-state index contributed by atoms with van der Waals surface area (Å²) >= 11 is 0. The lowest BCUT2D eigenvalue weighted by Gasteiger charge is -2.41. The van der Waals surface area contributed by atoms with Crippen molar-refractivity contribution in [3.05, 3.63) is 83.3 Å². The highest BCUT2D eigenvalue weighted by Crippen LogP contribution is 2.42. The summed E-state index contributed by atoms with van der Waals surface area (Å²) in [5.41, 5.74) is 1.47. The number of pyridine rings is 1. The van der Waals surface area contributed by atoms with Crippen molar-refractivity contribution in [3.63, 3.8) is 0 Å². The molecule has 0 aliphatic carbocycles. The highest BCUT2D eigenvalue weighted by atomic mass is 19.1. The van der Waals surface area contributed by atoms with E-state index in [4.69, 9.17) is 33.9 Å². The molecule has 6 bridgehead atoms. The van der Waals surface area contributed by atoms with Crippen molar-refractivity contribution in [2.45, 2.75) is 89.3 Å². The number of alkyl halides is 1. The first-order valence-electron chi connectivity index (χ1n) is 20.5. The van der Waals surface area contributed by atoms with E-state index in [0.717, 1.165) is 47.7 Å². The fourth-order valence-electron chi connectivity index (χ4n) is 9.57. The van der Waals surface area contributed by atoms with Crippen LogP contribution in [0.2, 0.25) is 0 Å². The van der Waals surface area contributed by atoms with Gasteiger partial charge in [-0.3, -0.25) is 9.88 Å². The van der Waals surface area contributed by atoms with E-state index in [9.17, 15) is 14.0 Å². The van der Waals surface area contributed by atoms with Crippen LogP contribution in [-0.4, -0.2) is 94.8 Å². The van der Waals surface area contributed by atoms with E-state index in [1.165, 1.54) is 0 Å². The van der Waals surface area contributed by atoms with Gasteiger partial charge in [0.25, 0.3) is 0 Å². The summed E-state index contributed by atoms with van der Waals surface area (Å²) < 4.78 is 56.3. The number of nitrogens with one attached hydrogen (secondary N) is 1. The van der Waals surface area contributed by atoms with Gasteiger partial charge in [0.2, 0.25) is 6.29 Å². The lowest BCUT2D eigenvalue weighted by Crippen LogP contribution is -2.57. The molecule has 1 unspecified atom stereocenters. The number of hydrogen-bond acceptors (Lipinski definition) is 11. The molecule has 5 aromatic rings. The third kappa shape index (κ3) is 7.58. The highest BCUT2D eigenvalue weighted by Gasteiger charge is 2.49. The zero-order valence-electron chi connectivity index (χ0n) is 33.6. The van der Waals surface area contributed by atoms with Gasteiger partial charge >= 0.3 is 18.1 Å². The molecule has 310 valence electrons. The summed E-state index contributed by atoms with van der Waals surface area (Å²) in [6.07, 6.45) is 3.71. The van der Waals surface area contributed by atoms with Gasteiger partial charge in [0.05, 0.1) is 28.6 Å². The summed E-state index contributed by atoms with van der Waals surface area (Å²) in [7, 11) is 0. The molecule has 2 aromatic heterocycles. The Hall–Kier alpha value is -5.63. The van der Waals surface area contributed by atoms with Gasteiger partial charge in [-0.2, -0.15) is 9.97 Å². The molecule has 5 aliphatic heterocycles. The van der Waals surface area contributed by atoms with Crippen molar-refractivity contribution in [1.82, 2.24) is 25.2 Å². The standard InChI is InChI=1S/C45H48F2N6O6.H2/c1-27-10-4-5-14-33(27)41(54)59-28(2)58-32-20-30-12-6-11-29-13-7-19-56-43(55)51-44(3)15-8-17-52(25-44)40-35-23-48-38(34(21-32)36(29)30)37(47)39(35)49-42(50-40)57-26-45-16-9-18-53(45)24-31(46)22-45;/h4-6,10-12,14,20-21,23,28,31H,7-9,13,15-19,22,24-26H2,1-3H3,(H,51,55);1H/t28?,31-,44-,45+;/m1./s1. The molecule has 3 saturated heterocycles. The Bertz CT molecular complexity index is 2460. The van der Waals surface area contributed by atoms with Crippen LogP contribution in [0.15, 0.2) is 60.8 Å². The van der Waals surface area contributed by atoms with Crippen molar-refractivity contribution >= 4 is 39.6 Å². The van der Waals surface area contributed by atoms with E-state index in [-0.39, 0.29) is 31.9 Å². The summed E-state index contributed by atoms with van der Waals surface area (Å²) in [5.74, 6) is -0.434. The molecule has 10 rings (SSSR count). The fraction of sp³-hybridized carbons (Fsp3) is 0.444. The molecule has 59 heavy (non-hydrogen) atoms. The van der Waals surface area contributed by atoms with Gasteiger partial charge in [-0.15, -0.1) is 0 Å². The minimum Gasteiger partial charge on any atom is -0.461 e. The van der Waals surface area contributed by atoms with Crippen molar-refractivity contribution < 1.29 is 38.7 Å². The van der Waals surface area contributed by atoms with Crippen molar-refractivity contribution in [2.75, 3.05) is 44.3 Å². The highest BCUT2D eigenvalue weighted by molar-refractivity contribution is 6.02. The number of esters is 1. The van der Waals surface area contributed by atoms with E-state index < -0.39 is 41.4 Å². The maximum atomic E-state index is 17.6. The molecule has 5 aliphatic rings. The Kier molecular flexibility index (Phi) is 10.2. The van der Waals surface area contributed by atoms with Gasteiger partial charge in [-0.25, -0.2) is 18.4 Å². The van der Waals surface area contributed by atoms with Gasteiger partial charge in [0.1, 0.15) is 35.6 Å². The number of rotatable bonds is 7. The predicted octanol–water partition coefficient (Wildman–Crippen LogP) is 8.11. The number of nitrogens with zero attached hydrogens (tertiary/aromatic N) is 5. The number of aryl methyl sites for hydroxylation is 2. The Balaban J connectivity index is 0.00000499. The van der Waals surface area contributed by atoms with Crippen molar-refractivity contribution in [2.24, 2.45) is 0 Å². The molecule has 0 radical (unpaired) electrons. The van der Waals surface area contributed by atoms with E-state index in [2.05, 4.69) is 10.2 Å². The zero-order valence-corrected chi connectivity index (χ0v) is 33.6.